The summed E-state index contributed by atoms with van der Waals surface area (Å²) in [5, 5.41) is 3.22. The highest BCUT2D eigenvalue weighted by Crippen LogP contribution is 2.23. The van der Waals surface area contributed by atoms with E-state index in [1.165, 1.54) is 0 Å². The maximum atomic E-state index is 12.3. The van der Waals surface area contributed by atoms with Crippen molar-refractivity contribution in [2.75, 3.05) is 24.6 Å². The minimum Gasteiger partial charge on any atom is -0.336 e. The number of fused-ring (bicyclic) bond motifs is 1. The number of carbonyl (C=O) groups excluding carboxylic acids is 1. The van der Waals surface area contributed by atoms with E-state index in [1.54, 1.807) is 4.90 Å². The van der Waals surface area contributed by atoms with Crippen molar-refractivity contribution in [2.45, 2.75) is 38.8 Å². The number of nitrogens with one attached hydrogen (secondary N) is 1. The molecule has 0 aromatic rings. The predicted octanol–water partition coefficient (Wildman–Crippen LogP) is 0.0200. The zero-order valence-electron chi connectivity index (χ0n) is 11.1. The number of nitrogens with zero attached hydrogens (tertiary/aromatic N) is 1. The lowest BCUT2D eigenvalue weighted by molar-refractivity contribution is -0.138. The number of piperazine rings is 1. The third-order valence-electron chi connectivity index (χ3n) is 3.91. The van der Waals surface area contributed by atoms with Crippen molar-refractivity contribution in [3.05, 3.63) is 0 Å². The summed E-state index contributed by atoms with van der Waals surface area (Å²) in [5.41, 5.74) is 0. The molecule has 0 bridgehead atoms. The van der Waals surface area contributed by atoms with Gasteiger partial charge < -0.3 is 10.2 Å². The fraction of sp³-hybridized carbons (Fsp3) is 0.917. The molecule has 2 rings (SSSR count). The topological polar surface area (TPSA) is 66.5 Å². The molecule has 2 aliphatic rings. The molecule has 2 saturated heterocycles. The lowest BCUT2D eigenvalue weighted by atomic mass is 10.0. The first kappa shape index (κ1) is 13.8. The summed E-state index contributed by atoms with van der Waals surface area (Å²) in [6.45, 7) is 5.32. The molecule has 0 spiro atoms. The second kappa shape index (κ2) is 5.17. The first-order chi connectivity index (χ1) is 8.44. The second-order valence-corrected chi connectivity index (χ2v) is 7.58. The molecule has 2 fully saturated rings. The van der Waals surface area contributed by atoms with Gasteiger partial charge in [-0.15, -0.1) is 0 Å². The van der Waals surface area contributed by atoms with Crippen molar-refractivity contribution in [1.82, 2.24) is 10.2 Å². The first-order valence-electron chi connectivity index (χ1n) is 6.69. The summed E-state index contributed by atoms with van der Waals surface area (Å²) in [6, 6.07) is -0.225. The molecule has 0 radical (unpaired) electrons. The highest BCUT2D eigenvalue weighted by molar-refractivity contribution is 7.91. The number of sulfone groups is 1. The molecule has 18 heavy (non-hydrogen) atoms. The third-order valence-corrected chi connectivity index (χ3v) is 5.62. The molecule has 5 nitrogen and oxygen atoms in total. The van der Waals surface area contributed by atoms with Crippen LogP contribution in [0.5, 0.6) is 0 Å². The Labute approximate surface area is 109 Å². The van der Waals surface area contributed by atoms with Crippen LogP contribution in [-0.2, 0) is 14.6 Å². The molecule has 6 heteroatoms. The van der Waals surface area contributed by atoms with Crippen molar-refractivity contribution in [1.29, 1.82) is 0 Å². The normalized spacial score (nSPS) is 32.0. The zero-order valence-corrected chi connectivity index (χ0v) is 11.9. The quantitative estimate of drug-likeness (QED) is 0.788. The van der Waals surface area contributed by atoms with Crippen LogP contribution >= 0.6 is 0 Å². The van der Waals surface area contributed by atoms with Gasteiger partial charge in [-0.1, -0.05) is 20.3 Å². The molecule has 1 unspecified atom stereocenters. The minimum atomic E-state index is -2.99. The Morgan fingerprint density at radius 1 is 1.44 bits per heavy atom. The van der Waals surface area contributed by atoms with E-state index in [0.29, 0.717) is 13.1 Å². The van der Waals surface area contributed by atoms with Crippen LogP contribution in [-0.4, -0.2) is 55.9 Å². The number of rotatable bonds is 3. The Kier molecular flexibility index (Phi) is 3.96. The Morgan fingerprint density at radius 2 is 2.17 bits per heavy atom. The monoisotopic (exact) mass is 274 g/mol. The van der Waals surface area contributed by atoms with Gasteiger partial charge in [0.2, 0.25) is 5.91 Å². The number of amides is 1. The van der Waals surface area contributed by atoms with Gasteiger partial charge in [-0.3, -0.25) is 4.79 Å². The van der Waals surface area contributed by atoms with Crippen LogP contribution in [0.1, 0.15) is 26.7 Å². The first-order valence-corrected chi connectivity index (χ1v) is 8.51. The Bertz CT molecular complexity index is 421. The maximum absolute atomic E-state index is 12.3. The Hall–Kier alpha value is -0.620. The van der Waals surface area contributed by atoms with Crippen molar-refractivity contribution in [2.24, 2.45) is 5.92 Å². The third kappa shape index (κ3) is 2.69. The lowest BCUT2D eigenvalue weighted by Gasteiger charge is -2.38. The molecule has 1 N–H and O–H groups in total. The van der Waals surface area contributed by atoms with Crippen molar-refractivity contribution >= 4 is 15.7 Å². The number of carbonyl (C=O) groups is 1. The molecule has 0 aromatic heterocycles. The van der Waals surface area contributed by atoms with Gasteiger partial charge >= 0.3 is 0 Å². The lowest BCUT2D eigenvalue weighted by Crippen LogP contribution is -2.59. The molecule has 2 heterocycles. The number of hydrogen-bond acceptors (Lipinski definition) is 4. The summed E-state index contributed by atoms with van der Waals surface area (Å²) >= 11 is 0. The van der Waals surface area contributed by atoms with Crippen LogP contribution in [0, 0.1) is 5.92 Å². The zero-order chi connectivity index (χ0) is 13.3. The van der Waals surface area contributed by atoms with E-state index < -0.39 is 9.84 Å². The highest BCUT2D eigenvalue weighted by atomic mass is 32.2. The molecule has 1 amide bonds. The van der Waals surface area contributed by atoms with Crippen LogP contribution in [0.3, 0.4) is 0 Å². The van der Waals surface area contributed by atoms with Gasteiger partial charge in [0.25, 0.3) is 0 Å². The van der Waals surface area contributed by atoms with Gasteiger partial charge in [0.05, 0.1) is 17.5 Å². The smallest absolute Gasteiger partial charge is 0.225 e. The molecule has 3 atom stereocenters. The summed E-state index contributed by atoms with van der Waals surface area (Å²) in [5.74, 6) is 0.404. The van der Waals surface area contributed by atoms with Crippen LogP contribution in [0.25, 0.3) is 0 Å². The van der Waals surface area contributed by atoms with E-state index in [2.05, 4.69) is 12.2 Å². The van der Waals surface area contributed by atoms with Crippen molar-refractivity contribution < 1.29 is 13.2 Å². The van der Waals surface area contributed by atoms with E-state index in [-0.39, 0.29) is 35.4 Å². The van der Waals surface area contributed by atoms with Crippen LogP contribution in [0.15, 0.2) is 0 Å². The van der Waals surface area contributed by atoms with Gasteiger partial charge in [-0.05, 0) is 6.42 Å². The average molecular weight is 274 g/mol. The van der Waals surface area contributed by atoms with E-state index in [4.69, 9.17) is 0 Å². The van der Waals surface area contributed by atoms with Crippen molar-refractivity contribution in [3.8, 4) is 0 Å². The fourth-order valence-electron chi connectivity index (χ4n) is 2.98. The minimum absolute atomic E-state index is 0.00273. The second-order valence-electron chi connectivity index (χ2n) is 5.43. The Balaban J connectivity index is 2.11. The molecule has 2 aliphatic heterocycles. The van der Waals surface area contributed by atoms with Gasteiger partial charge in [0, 0.05) is 25.0 Å². The highest BCUT2D eigenvalue weighted by Gasteiger charge is 2.44. The molecule has 0 saturated carbocycles. The predicted molar refractivity (Wildman–Crippen MR) is 70.0 cm³/mol. The fourth-order valence-corrected chi connectivity index (χ4v) is 4.94. The molecule has 0 aromatic carbocycles. The Morgan fingerprint density at radius 3 is 2.83 bits per heavy atom. The SMILES string of the molecule is CCCC(C)C(=O)N1CCN[C@H]2CS(=O)(=O)C[C@H]21. The van der Waals surface area contributed by atoms with Crippen LogP contribution < -0.4 is 5.32 Å². The van der Waals surface area contributed by atoms with E-state index >= 15 is 0 Å². The van der Waals surface area contributed by atoms with Gasteiger partial charge in [0.1, 0.15) is 0 Å². The number of hydrogen-bond donors (Lipinski definition) is 1. The summed E-state index contributed by atoms with van der Waals surface area (Å²) in [4.78, 5) is 14.1. The van der Waals surface area contributed by atoms with Crippen LogP contribution in [0.4, 0.5) is 0 Å². The standard InChI is InChI=1S/C12H22N2O3S/c1-3-4-9(2)12(15)14-6-5-13-10-7-18(16,17)8-11(10)14/h9-11,13H,3-8H2,1-2H3/t9?,10-,11+/m0/s1. The van der Waals surface area contributed by atoms with Crippen LogP contribution in [0.2, 0.25) is 0 Å². The van der Waals surface area contributed by atoms with Gasteiger partial charge in [0.15, 0.2) is 9.84 Å². The molecule has 0 aliphatic carbocycles. The molecular formula is C12H22N2O3S. The average Bonchev–Trinajstić information content (AvgIpc) is 2.61. The summed E-state index contributed by atoms with van der Waals surface area (Å²) in [7, 11) is -2.99. The van der Waals surface area contributed by atoms with E-state index in [9.17, 15) is 13.2 Å². The summed E-state index contributed by atoms with van der Waals surface area (Å²) in [6.07, 6.45) is 1.85. The van der Waals surface area contributed by atoms with Gasteiger partial charge in [-0.25, -0.2) is 8.42 Å². The maximum Gasteiger partial charge on any atom is 0.225 e. The van der Waals surface area contributed by atoms with E-state index in [0.717, 1.165) is 12.8 Å². The van der Waals surface area contributed by atoms with E-state index in [1.807, 2.05) is 6.92 Å². The molecular weight excluding hydrogens is 252 g/mol. The summed E-state index contributed by atoms with van der Waals surface area (Å²) < 4.78 is 23.4. The molecule has 104 valence electrons. The van der Waals surface area contributed by atoms with Gasteiger partial charge in [-0.2, -0.15) is 0 Å². The van der Waals surface area contributed by atoms with Crippen molar-refractivity contribution in [3.63, 3.8) is 0 Å². The largest absolute Gasteiger partial charge is 0.336 e.